The van der Waals surface area contributed by atoms with Crippen LogP contribution in [-0.2, 0) is 4.74 Å². The number of hydrogen-bond donors (Lipinski definition) is 2. The van der Waals surface area contributed by atoms with Crippen molar-refractivity contribution in [1.29, 1.82) is 10.5 Å². The van der Waals surface area contributed by atoms with E-state index in [0.717, 1.165) is 0 Å². The van der Waals surface area contributed by atoms with Crippen LogP contribution >= 0.6 is 0 Å². The van der Waals surface area contributed by atoms with Crippen LogP contribution in [0.5, 0.6) is 11.5 Å². The average Bonchev–Trinajstić information content (AvgIpc) is 2.39. The van der Waals surface area contributed by atoms with Gasteiger partial charge in [0.2, 0.25) is 0 Å². The number of nitriles is 2. The van der Waals surface area contributed by atoms with Gasteiger partial charge in [0.05, 0.1) is 25.0 Å². The van der Waals surface area contributed by atoms with Gasteiger partial charge in [0.15, 0.2) is 11.5 Å². The van der Waals surface area contributed by atoms with Crippen LogP contribution in [0.25, 0.3) is 0 Å². The van der Waals surface area contributed by atoms with Gasteiger partial charge in [-0.3, -0.25) is 0 Å². The zero-order chi connectivity index (χ0) is 13.5. The molecule has 0 amide bonds. The molecular formula is C12H13N3O3. The monoisotopic (exact) mass is 247 g/mol. The third-order valence-corrected chi connectivity index (χ3v) is 2.33. The zero-order valence-electron chi connectivity index (χ0n) is 10.1. The quantitative estimate of drug-likeness (QED) is 0.758. The summed E-state index contributed by atoms with van der Waals surface area (Å²) in [6.07, 6.45) is 0. The topological polar surface area (TPSA) is 98.3 Å². The fourth-order valence-electron chi connectivity index (χ4n) is 1.46. The van der Waals surface area contributed by atoms with Gasteiger partial charge >= 0.3 is 0 Å². The van der Waals surface area contributed by atoms with Crippen molar-refractivity contribution in [2.45, 2.75) is 0 Å². The van der Waals surface area contributed by atoms with Crippen molar-refractivity contribution in [3.63, 3.8) is 0 Å². The number of benzene rings is 1. The van der Waals surface area contributed by atoms with Crippen molar-refractivity contribution in [1.82, 2.24) is 0 Å². The van der Waals surface area contributed by atoms with Gasteiger partial charge in [-0.1, -0.05) is 0 Å². The van der Waals surface area contributed by atoms with Crippen molar-refractivity contribution in [2.24, 2.45) is 0 Å². The Morgan fingerprint density at radius 1 is 1.33 bits per heavy atom. The van der Waals surface area contributed by atoms with E-state index in [1.807, 2.05) is 12.1 Å². The van der Waals surface area contributed by atoms with E-state index in [2.05, 4.69) is 5.32 Å². The van der Waals surface area contributed by atoms with E-state index < -0.39 is 0 Å². The maximum atomic E-state index is 9.82. The SMILES string of the molecule is COCCNc1c(C#N)cc(OC)c(O)c1C#N. The maximum Gasteiger partial charge on any atom is 0.178 e. The van der Waals surface area contributed by atoms with E-state index in [1.54, 1.807) is 7.11 Å². The predicted octanol–water partition coefficient (Wildman–Crippen LogP) is 1.20. The van der Waals surface area contributed by atoms with Crippen molar-refractivity contribution in [3.05, 3.63) is 17.2 Å². The largest absolute Gasteiger partial charge is 0.503 e. The fourth-order valence-corrected chi connectivity index (χ4v) is 1.46. The lowest BCUT2D eigenvalue weighted by Crippen LogP contribution is -2.10. The Bertz CT molecular complexity index is 515. The van der Waals surface area contributed by atoms with Crippen LogP contribution in [0.1, 0.15) is 11.1 Å². The van der Waals surface area contributed by atoms with Crippen LogP contribution in [0.2, 0.25) is 0 Å². The molecule has 0 bridgehead atoms. The smallest absolute Gasteiger partial charge is 0.178 e. The van der Waals surface area contributed by atoms with Gasteiger partial charge < -0.3 is 19.9 Å². The average molecular weight is 247 g/mol. The van der Waals surface area contributed by atoms with Crippen molar-refractivity contribution in [3.8, 4) is 23.6 Å². The van der Waals surface area contributed by atoms with Crippen LogP contribution < -0.4 is 10.1 Å². The van der Waals surface area contributed by atoms with Crippen LogP contribution in [0.4, 0.5) is 5.69 Å². The van der Waals surface area contributed by atoms with E-state index >= 15 is 0 Å². The Balaban J connectivity index is 3.26. The van der Waals surface area contributed by atoms with E-state index in [9.17, 15) is 5.11 Å². The van der Waals surface area contributed by atoms with Crippen LogP contribution in [-0.4, -0.2) is 32.5 Å². The molecular weight excluding hydrogens is 234 g/mol. The van der Waals surface area contributed by atoms with Crippen molar-refractivity contribution < 1.29 is 14.6 Å². The number of phenolic OH excluding ortho intramolecular Hbond substituents is 1. The number of ether oxygens (including phenoxy) is 2. The standard InChI is InChI=1S/C12H13N3O3/c1-17-4-3-15-11-8(6-13)5-10(18-2)12(16)9(11)7-14/h5,15-16H,3-4H2,1-2H3. The highest BCUT2D eigenvalue weighted by atomic mass is 16.5. The molecule has 0 radical (unpaired) electrons. The highest BCUT2D eigenvalue weighted by Gasteiger charge is 2.17. The van der Waals surface area contributed by atoms with Crippen molar-refractivity contribution in [2.75, 3.05) is 32.7 Å². The first kappa shape index (κ1) is 13.6. The molecule has 1 aromatic rings. The minimum atomic E-state index is -0.279. The molecule has 18 heavy (non-hydrogen) atoms. The lowest BCUT2D eigenvalue weighted by Gasteiger charge is -2.13. The first-order valence-corrected chi connectivity index (χ1v) is 5.16. The highest BCUT2D eigenvalue weighted by Crippen LogP contribution is 2.37. The summed E-state index contributed by atoms with van der Waals surface area (Å²) in [4.78, 5) is 0. The number of hydrogen-bond acceptors (Lipinski definition) is 6. The van der Waals surface area contributed by atoms with Gasteiger partial charge in [0.1, 0.15) is 17.7 Å². The molecule has 0 unspecified atom stereocenters. The van der Waals surface area contributed by atoms with Gasteiger partial charge in [-0.2, -0.15) is 10.5 Å². The number of rotatable bonds is 5. The molecule has 0 aliphatic heterocycles. The molecule has 6 nitrogen and oxygen atoms in total. The van der Waals surface area contributed by atoms with E-state index in [4.69, 9.17) is 20.0 Å². The molecule has 0 saturated carbocycles. The second kappa shape index (κ2) is 6.33. The Kier molecular flexibility index (Phi) is 4.79. The molecule has 94 valence electrons. The Hall–Kier alpha value is -2.44. The molecule has 1 aromatic carbocycles. The van der Waals surface area contributed by atoms with Crippen molar-refractivity contribution >= 4 is 5.69 Å². The highest BCUT2D eigenvalue weighted by molar-refractivity contribution is 5.74. The number of methoxy groups -OCH3 is 2. The van der Waals surface area contributed by atoms with Crippen LogP contribution in [0.15, 0.2) is 6.07 Å². The number of anilines is 1. The maximum absolute atomic E-state index is 9.82. The predicted molar refractivity (Wildman–Crippen MR) is 64.5 cm³/mol. The second-order valence-corrected chi connectivity index (χ2v) is 3.37. The number of aromatic hydroxyl groups is 1. The Morgan fingerprint density at radius 2 is 2.06 bits per heavy atom. The molecule has 0 fully saturated rings. The van der Waals surface area contributed by atoms with Crippen LogP contribution in [0.3, 0.4) is 0 Å². The summed E-state index contributed by atoms with van der Waals surface area (Å²) in [7, 11) is 2.90. The summed E-state index contributed by atoms with van der Waals surface area (Å²) in [5, 5.41) is 30.8. The molecule has 0 saturated heterocycles. The molecule has 0 atom stereocenters. The lowest BCUT2D eigenvalue weighted by atomic mass is 10.1. The number of nitrogens with one attached hydrogen (secondary N) is 1. The Labute approximate surface area is 105 Å². The summed E-state index contributed by atoms with van der Waals surface area (Å²) >= 11 is 0. The number of nitrogens with zero attached hydrogens (tertiary/aromatic N) is 2. The van der Waals surface area contributed by atoms with Gasteiger partial charge in [-0.25, -0.2) is 0 Å². The molecule has 0 aliphatic carbocycles. The minimum absolute atomic E-state index is 0.0120. The van der Waals surface area contributed by atoms with E-state index in [-0.39, 0.29) is 28.3 Å². The second-order valence-electron chi connectivity index (χ2n) is 3.37. The van der Waals surface area contributed by atoms with Gasteiger partial charge in [-0.05, 0) is 0 Å². The summed E-state index contributed by atoms with van der Waals surface area (Å²) < 4.78 is 9.78. The van der Waals surface area contributed by atoms with E-state index in [0.29, 0.717) is 13.2 Å². The third-order valence-electron chi connectivity index (χ3n) is 2.33. The molecule has 0 aromatic heterocycles. The van der Waals surface area contributed by atoms with Gasteiger partial charge in [0.25, 0.3) is 0 Å². The molecule has 0 heterocycles. The summed E-state index contributed by atoms with van der Waals surface area (Å²) in [6.45, 7) is 0.841. The molecule has 1 rings (SSSR count). The number of phenols is 1. The summed E-state index contributed by atoms with van der Waals surface area (Å²) in [5.41, 5.74) is 0.509. The molecule has 2 N–H and O–H groups in total. The summed E-state index contributed by atoms with van der Waals surface area (Å²) in [6, 6.07) is 5.19. The fraction of sp³-hybridized carbons (Fsp3) is 0.333. The summed E-state index contributed by atoms with van der Waals surface area (Å²) in [5.74, 6) is -0.181. The molecule has 6 heteroatoms. The first-order valence-electron chi connectivity index (χ1n) is 5.16. The third kappa shape index (κ3) is 2.62. The lowest BCUT2D eigenvalue weighted by molar-refractivity contribution is 0.211. The minimum Gasteiger partial charge on any atom is -0.503 e. The molecule has 0 aliphatic rings. The normalized spacial score (nSPS) is 9.33. The van der Waals surface area contributed by atoms with Crippen LogP contribution in [0, 0.1) is 22.7 Å². The van der Waals surface area contributed by atoms with Gasteiger partial charge in [0, 0.05) is 19.7 Å². The zero-order valence-corrected chi connectivity index (χ0v) is 10.1. The Morgan fingerprint density at radius 3 is 2.56 bits per heavy atom. The van der Waals surface area contributed by atoms with Gasteiger partial charge in [-0.15, -0.1) is 0 Å². The van der Waals surface area contributed by atoms with E-state index in [1.165, 1.54) is 13.2 Å². The molecule has 0 spiro atoms. The first-order chi connectivity index (χ1) is 8.69.